The minimum Gasteiger partial charge on any atom is -0.359 e. The second-order valence-electron chi connectivity index (χ2n) is 4.95. The Bertz CT molecular complexity index is 645. The van der Waals surface area contributed by atoms with E-state index in [0.717, 1.165) is 6.42 Å². The molecular weight excluding hydrogens is 274 g/mol. The number of pyridine rings is 1. The van der Waals surface area contributed by atoms with Crippen molar-refractivity contribution in [3.63, 3.8) is 0 Å². The smallest absolute Gasteiger partial charge is 0.314 e. The van der Waals surface area contributed by atoms with Crippen molar-refractivity contribution in [1.29, 1.82) is 0 Å². The van der Waals surface area contributed by atoms with E-state index in [1.165, 1.54) is 28.2 Å². The van der Waals surface area contributed by atoms with Crippen molar-refractivity contribution in [2.75, 3.05) is 5.32 Å². The Morgan fingerprint density at radius 2 is 2.35 bits per heavy atom. The third-order valence-corrected chi connectivity index (χ3v) is 4.77. The molecule has 20 heavy (non-hydrogen) atoms. The van der Waals surface area contributed by atoms with E-state index >= 15 is 0 Å². The van der Waals surface area contributed by atoms with Crippen LogP contribution in [-0.2, 0) is 19.4 Å². The van der Waals surface area contributed by atoms with Crippen LogP contribution in [0.3, 0.4) is 0 Å². The molecule has 0 aromatic carbocycles. The molecule has 104 valence electrons. The number of hydrogen-bond acceptors (Lipinski definition) is 5. The van der Waals surface area contributed by atoms with Gasteiger partial charge in [-0.15, -0.1) is 11.3 Å². The van der Waals surface area contributed by atoms with Gasteiger partial charge in [0.05, 0.1) is 11.5 Å². The third kappa shape index (κ3) is 2.38. The Morgan fingerprint density at radius 1 is 1.50 bits per heavy atom. The van der Waals surface area contributed by atoms with E-state index in [1.807, 2.05) is 0 Å². The number of nitro groups is 1. The molecule has 0 bridgehead atoms. The van der Waals surface area contributed by atoms with Crippen LogP contribution in [0.1, 0.15) is 27.3 Å². The van der Waals surface area contributed by atoms with Gasteiger partial charge >= 0.3 is 5.69 Å². The van der Waals surface area contributed by atoms with E-state index in [0.29, 0.717) is 17.9 Å². The number of thiophene rings is 1. The summed E-state index contributed by atoms with van der Waals surface area (Å²) in [7, 11) is 0. The zero-order valence-electron chi connectivity index (χ0n) is 11.2. The summed E-state index contributed by atoms with van der Waals surface area (Å²) in [6.45, 7) is 2.32. The van der Waals surface area contributed by atoms with Gasteiger partial charge in [-0.05, 0) is 43.9 Å². The topological polar surface area (TPSA) is 68.1 Å². The molecule has 5 nitrogen and oxygen atoms in total. The number of aryl methyl sites for hydroxylation is 3. The van der Waals surface area contributed by atoms with Gasteiger partial charge in [-0.3, -0.25) is 10.1 Å². The van der Waals surface area contributed by atoms with Crippen molar-refractivity contribution in [2.45, 2.75) is 32.7 Å². The summed E-state index contributed by atoms with van der Waals surface area (Å²) in [6, 6.07) is 3.87. The van der Waals surface area contributed by atoms with Crippen LogP contribution < -0.4 is 5.32 Å². The van der Waals surface area contributed by atoms with Gasteiger partial charge in [0.15, 0.2) is 0 Å². The molecule has 0 saturated carbocycles. The highest BCUT2D eigenvalue weighted by molar-refractivity contribution is 7.12. The summed E-state index contributed by atoms with van der Waals surface area (Å²) in [4.78, 5) is 17.5. The standard InChI is InChI=1S/C14H15N3O2S/c1-9-5-6-15-14(13(9)17(18)19)16-8-11-7-10-3-2-4-12(10)20-11/h5-7H,2-4,8H2,1H3,(H,15,16). The molecule has 6 heteroatoms. The first-order valence-corrected chi connectivity index (χ1v) is 7.41. The molecule has 0 fully saturated rings. The highest BCUT2D eigenvalue weighted by Crippen LogP contribution is 2.32. The summed E-state index contributed by atoms with van der Waals surface area (Å²) < 4.78 is 0. The Labute approximate surface area is 120 Å². The van der Waals surface area contributed by atoms with Crippen molar-refractivity contribution >= 4 is 22.8 Å². The predicted molar refractivity (Wildman–Crippen MR) is 79.3 cm³/mol. The molecule has 2 aromatic rings. The SMILES string of the molecule is Cc1ccnc(NCc2cc3c(s2)CCC3)c1[N+](=O)[O-]. The van der Waals surface area contributed by atoms with Crippen LogP contribution in [0, 0.1) is 17.0 Å². The van der Waals surface area contributed by atoms with E-state index in [2.05, 4.69) is 16.4 Å². The van der Waals surface area contributed by atoms with Crippen LogP contribution in [0.2, 0.25) is 0 Å². The molecule has 0 atom stereocenters. The normalized spacial score (nSPS) is 13.2. The number of anilines is 1. The lowest BCUT2D eigenvalue weighted by Crippen LogP contribution is -2.05. The maximum atomic E-state index is 11.1. The first-order chi connectivity index (χ1) is 9.65. The van der Waals surface area contributed by atoms with Crippen molar-refractivity contribution in [3.8, 4) is 0 Å². The van der Waals surface area contributed by atoms with Crippen LogP contribution in [0.4, 0.5) is 11.5 Å². The second-order valence-corrected chi connectivity index (χ2v) is 6.17. The first-order valence-electron chi connectivity index (χ1n) is 6.59. The maximum Gasteiger partial charge on any atom is 0.314 e. The minimum atomic E-state index is -0.376. The van der Waals surface area contributed by atoms with Crippen LogP contribution in [0.15, 0.2) is 18.3 Å². The van der Waals surface area contributed by atoms with Gasteiger partial charge in [0.1, 0.15) is 0 Å². The summed E-state index contributed by atoms with van der Waals surface area (Å²) in [5.74, 6) is 0.351. The van der Waals surface area contributed by atoms with E-state index in [9.17, 15) is 10.1 Å². The second kappa shape index (κ2) is 5.20. The monoisotopic (exact) mass is 289 g/mol. The summed E-state index contributed by atoms with van der Waals surface area (Å²) in [5.41, 5.74) is 2.14. The zero-order valence-corrected chi connectivity index (χ0v) is 12.0. The molecule has 0 amide bonds. The van der Waals surface area contributed by atoms with Crippen LogP contribution in [0.25, 0.3) is 0 Å². The first kappa shape index (κ1) is 13.1. The quantitative estimate of drug-likeness (QED) is 0.691. The Morgan fingerprint density at radius 3 is 3.10 bits per heavy atom. The fraction of sp³-hybridized carbons (Fsp3) is 0.357. The van der Waals surface area contributed by atoms with Gasteiger partial charge in [0.2, 0.25) is 5.82 Å². The van der Waals surface area contributed by atoms with Crippen LogP contribution >= 0.6 is 11.3 Å². The molecule has 0 unspecified atom stereocenters. The van der Waals surface area contributed by atoms with Crippen molar-refractivity contribution in [2.24, 2.45) is 0 Å². The van der Waals surface area contributed by atoms with Crippen LogP contribution in [0.5, 0.6) is 0 Å². The lowest BCUT2D eigenvalue weighted by molar-refractivity contribution is -0.384. The van der Waals surface area contributed by atoms with Gasteiger partial charge in [0, 0.05) is 21.5 Å². The molecule has 0 aliphatic heterocycles. The fourth-order valence-corrected chi connectivity index (χ4v) is 3.76. The molecule has 2 heterocycles. The van der Waals surface area contributed by atoms with Gasteiger partial charge < -0.3 is 5.32 Å². The molecule has 1 aliphatic rings. The molecule has 0 radical (unpaired) electrons. The predicted octanol–water partition coefficient (Wildman–Crippen LogP) is 3.46. The average molecular weight is 289 g/mol. The van der Waals surface area contributed by atoms with E-state index in [-0.39, 0.29) is 10.6 Å². The lowest BCUT2D eigenvalue weighted by atomic mass is 10.2. The van der Waals surface area contributed by atoms with Gasteiger partial charge in [-0.25, -0.2) is 4.98 Å². The van der Waals surface area contributed by atoms with Gasteiger partial charge in [-0.2, -0.15) is 0 Å². The van der Waals surface area contributed by atoms with Crippen molar-refractivity contribution in [3.05, 3.63) is 49.3 Å². The fourth-order valence-electron chi connectivity index (χ4n) is 2.56. The Hall–Kier alpha value is -1.95. The minimum absolute atomic E-state index is 0.0663. The summed E-state index contributed by atoms with van der Waals surface area (Å²) in [5, 5.41) is 14.2. The maximum absolute atomic E-state index is 11.1. The number of hydrogen-bond donors (Lipinski definition) is 1. The largest absolute Gasteiger partial charge is 0.359 e. The number of fused-ring (bicyclic) bond motifs is 1. The Balaban J connectivity index is 1.78. The Kier molecular flexibility index (Phi) is 3.40. The molecular formula is C14H15N3O2S. The molecule has 0 spiro atoms. The number of nitrogens with zero attached hydrogens (tertiary/aromatic N) is 2. The highest BCUT2D eigenvalue weighted by atomic mass is 32.1. The van der Waals surface area contributed by atoms with Crippen molar-refractivity contribution < 1.29 is 4.92 Å². The average Bonchev–Trinajstić information content (AvgIpc) is 2.96. The zero-order chi connectivity index (χ0) is 14.1. The molecule has 1 N–H and O–H groups in total. The molecule has 3 rings (SSSR count). The van der Waals surface area contributed by atoms with E-state index in [4.69, 9.17) is 0 Å². The van der Waals surface area contributed by atoms with E-state index in [1.54, 1.807) is 30.5 Å². The van der Waals surface area contributed by atoms with Gasteiger partial charge in [0.25, 0.3) is 0 Å². The number of nitrogens with one attached hydrogen (secondary N) is 1. The van der Waals surface area contributed by atoms with E-state index < -0.39 is 0 Å². The lowest BCUT2D eigenvalue weighted by Gasteiger charge is -2.06. The third-order valence-electron chi connectivity index (χ3n) is 3.54. The molecule has 0 saturated heterocycles. The molecule has 1 aliphatic carbocycles. The van der Waals surface area contributed by atoms with Gasteiger partial charge in [-0.1, -0.05) is 0 Å². The number of rotatable bonds is 4. The highest BCUT2D eigenvalue weighted by Gasteiger charge is 2.19. The summed E-state index contributed by atoms with van der Waals surface area (Å²) >= 11 is 1.80. The van der Waals surface area contributed by atoms with Crippen LogP contribution in [-0.4, -0.2) is 9.91 Å². The molecule has 2 aromatic heterocycles. The van der Waals surface area contributed by atoms with Crippen molar-refractivity contribution in [1.82, 2.24) is 4.98 Å². The summed E-state index contributed by atoms with van der Waals surface area (Å²) in [6.07, 6.45) is 5.18. The number of aromatic nitrogens is 1.